The van der Waals surface area contributed by atoms with Crippen molar-refractivity contribution < 1.29 is 0 Å². The fourth-order valence-corrected chi connectivity index (χ4v) is 3.19. The van der Waals surface area contributed by atoms with Crippen molar-refractivity contribution in [1.29, 1.82) is 0 Å². The van der Waals surface area contributed by atoms with Crippen LogP contribution in [0.25, 0.3) is 0 Å². The van der Waals surface area contributed by atoms with Crippen molar-refractivity contribution in [2.45, 2.75) is 0 Å². The van der Waals surface area contributed by atoms with Crippen LogP contribution in [0.15, 0.2) is 54.6 Å². The first-order chi connectivity index (χ1) is 7.75. The summed E-state index contributed by atoms with van der Waals surface area (Å²) in [6.07, 6.45) is 0. The van der Waals surface area contributed by atoms with Crippen LogP contribution in [0, 0.1) is 0 Å². The number of nitrogens with zero attached hydrogens (tertiary/aromatic N) is 1. The van der Waals surface area contributed by atoms with E-state index in [1.807, 2.05) is 0 Å². The van der Waals surface area contributed by atoms with Gasteiger partial charge in [0.05, 0.1) is 0 Å². The molecule has 0 saturated carbocycles. The molecule has 0 bridgehead atoms. The third-order valence-electron chi connectivity index (χ3n) is 2.33. The second-order valence-corrected chi connectivity index (χ2v) is 6.21. The average molecular weight is 276 g/mol. The van der Waals surface area contributed by atoms with E-state index in [0.717, 1.165) is 0 Å². The van der Waals surface area contributed by atoms with Gasteiger partial charge in [-0.3, -0.25) is 0 Å². The average Bonchev–Trinajstić information content (AvgIpc) is 2.31. The van der Waals surface area contributed by atoms with E-state index in [9.17, 15) is 0 Å². The van der Waals surface area contributed by atoms with E-state index in [-0.39, 0.29) is 0 Å². The van der Waals surface area contributed by atoms with Gasteiger partial charge in [0, 0.05) is 0 Å². The van der Waals surface area contributed by atoms with E-state index in [0.29, 0.717) is 15.0 Å². The van der Waals surface area contributed by atoms with Crippen LogP contribution >= 0.6 is 0 Å². The molecule has 0 amide bonds. The molecule has 0 heterocycles. The van der Waals surface area contributed by atoms with Gasteiger partial charge in [0.15, 0.2) is 0 Å². The third kappa shape index (κ3) is 2.88. The van der Waals surface area contributed by atoms with E-state index in [1.54, 1.807) is 0 Å². The van der Waals surface area contributed by atoms with E-state index in [1.165, 1.54) is 14.6 Å². The molecule has 1 nitrogen and oxygen atoms in total. The Hall–Kier alpha value is -1.24. The van der Waals surface area contributed by atoms with Gasteiger partial charge in [-0.25, -0.2) is 0 Å². The SMILES string of the molecule is CN(C)c1ccc([Se]c2ccccc2)cc1. The van der Waals surface area contributed by atoms with Gasteiger partial charge in [0.2, 0.25) is 0 Å². The van der Waals surface area contributed by atoms with Crippen LogP contribution in [-0.2, 0) is 0 Å². The van der Waals surface area contributed by atoms with Crippen LogP contribution in [0.1, 0.15) is 0 Å². The summed E-state index contributed by atoms with van der Waals surface area (Å²) in [7, 11) is 4.13. The molecule has 0 aliphatic heterocycles. The summed E-state index contributed by atoms with van der Waals surface area (Å²) in [4.78, 5) is 2.12. The fourth-order valence-electron chi connectivity index (χ4n) is 1.44. The zero-order chi connectivity index (χ0) is 11.4. The summed E-state index contributed by atoms with van der Waals surface area (Å²) in [6, 6.07) is 19.5. The van der Waals surface area contributed by atoms with Crippen LogP contribution in [-0.4, -0.2) is 29.1 Å². The van der Waals surface area contributed by atoms with Crippen LogP contribution in [0.3, 0.4) is 0 Å². The van der Waals surface area contributed by atoms with Gasteiger partial charge in [-0.15, -0.1) is 0 Å². The quantitative estimate of drug-likeness (QED) is 0.766. The topological polar surface area (TPSA) is 3.24 Å². The molecular formula is C14H15NSe. The van der Waals surface area contributed by atoms with Gasteiger partial charge in [-0.2, -0.15) is 0 Å². The Bertz CT molecular complexity index is 434. The van der Waals surface area contributed by atoms with Crippen molar-refractivity contribution in [3.63, 3.8) is 0 Å². The Kier molecular flexibility index (Phi) is 3.66. The molecule has 0 radical (unpaired) electrons. The molecule has 0 aliphatic rings. The molecule has 82 valence electrons. The summed E-state index contributed by atoms with van der Waals surface area (Å²) in [5.74, 6) is 0. The number of anilines is 1. The molecule has 2 aromatic rings. The molecular weight excluding hydrogens is 261 g/mol. The minimum absolute atomic E-state index is 0.423. The molecule has 0 aliphatic carbocycles. The molecule has 0 N–H and O–H groups in total. The molecule has 2 heteroatoms. The molecule has 0 unspecified atom stereocenters. The third-order valence-corrected chi connectivity index (χ3v) is 4.46. The Balaban J connectivity index is 2.11. The van der Waals surface area contributed by atoms with Crippen LogP contribution in [0.5, 0.6) is 0 Å². The van der Waals surface area contributed by atoms with Crippen LogP contribution < -0.4 is 13.8 Å². The summed E-state index contributed by atoms with van der Waals surface area (Å²) in [5.41, 5.74) is 1.26. The standard InChI is InChI=1S/C14H15NSe/c1-15(2)12-8-10-14(11-9-12)16-13-6-4-3-5-7-13/h3-11H,1-2H3. The van der Waals surface area contributed by atoms with Gasteiger partial charge < -0.3 is 0 Å². The molecule has 2 rings (SSSR count). The second-order valence-electron chi connectivity index (χ2n) is 3.80. The van der Waals surface area contributed by atoms with E-state index in [2.05, 4.69) is 73.6 Å². The molecule has 0 saturated heterocycles. The Morgan fingerprint density at radius 1 is 0.750 bits per heavy atom. The van der Waals surface area contributed by atoms with Gasteiger partial charge in [0.1, 0.15) is 0 Å². The first-order valence-electron chi connectivity index (χ1n) is 5.26. The van der Waals surface area contributed by atoms with Gasteiger partial charge in [-0.1, -0.05) is 0 Å². The fraction of sp³-hybridized carbons (Fsp3) is 0.143. The van der Waals surface area contributed by atoms with Gasteiger partial charge in [0.25, 0.3) is 0 Å². The van der Waals surface area contributed by atoms with Crippen molar-refractivity contribution in [2.75, 3.05) is 19.0 Å². The van der Waals surface area contributed by atoms with Gasteiger partial charge in [-0.05, 0) is 0 Å². The van der Waals surface area contributed by atoms with E-state index >= 15 is 0 Å². The van der Waals surface area contributed by atoms with E-state index < -0.39 is 0 Å². The normalized spacial score (nSPS) is 10.1. The van der Waals surface area contributed by atoms with Crippen molar-refractivity contribution in [1.82, 2.24) is 0 Å². The summed E-state index contributed by atoms with van der Waals surface area (Å²) < 4.78 is 2.84. The maximum absolute atomic E-state index is 2.22. The number of hydrogen-bond acceptors (Lipinski definition) is 1. The Morgan fingerprint density at radius 3 is 1.88 bits per heavy atom. The summed E-state index contributed by atoms with van der Waals surface area (Å²) >= 11 is 0.423. The van der Waals surface area contributed by atoms with Crippen LogP contribution in [0.2, 0.25) is 0 Å². The number of rotatable bonds is 3. The molecule has 0 aromatic heterocycles. The maximum atomic E-state index is 2.22. The molecule has 2 aromatic carbocycles. The molecule has 16 heavy (non-hydrogen) atoms. The molecule has 0 fully saturated rings. The minimum atomic E-state index is 0.423. The van der Waals surface area contributed by atoms with Gasteiger partial charge >= 0.3 is 103 Å². The summed E-state index contributed by atoms with van der Waals surface area (Å²) in [6.45, 7) is 0. The van der Waals surface area contributed by atoms with Crippen molar-refractivity contribution in [3.8, 4) is 0 Å². The number of benzene rings is 2. The predicted octanol–water partition coefficient (Wildman–Crippen LogP) is 1.41. The van der Waals surface area contributed by atoms with Crippen molar-refractivity contribution >= 4 is 29.6 Å². The van der Waals surface area contributed by atoms with Crippen molar-refractivity contribution in [3.05, 3.63) is 54.6 Å². The molecule has 0 spiro atoms. The first kappa shape index (κ1) is 11.3. The monoisotopic (exact) mass is 277 g/mol. The second kappa shape index (κ2) is 5.20. The number of hydrogen-bond donors (Lipinski definition) is 0. The van der Waals surface area contributed by atoms with Crippen molar-refractivity contribution in [2.24, 2.45) is 0 Å². The summed E-state index contributed by atoms with van der Waals surface area (Å²) in [5, 5.41) is 0. The predicted molar refractivity (Wildman–Crippen MR) is 72.2 cm³/mol. The first-order valence-corrected chi connectivity index (χ1v) is 6.97. The Labute approximate surface area is 103 Å². The van der Waals surface area contributed by atoms with Crippen LogP contribution in [0.4, 0.5) is 5.69 Å². The zero-order valence-electron chi connectivity index (χ0n) is 9.55. The zero-order valence-corrected chi connectivity index (χ0v) is 11.3. The Morgan fingerprint density at radius 2 is 1.31 bits per heavy atom. The van der Waals surface area contributed by atoms with E-state index in [4.69, 9.17) is 0 Å². The molecule has 0 atom stereocenters.